The third-order valence-corrected chi connectivity index (χ3v) is 6.53. The quantitative estimate of drug-likeness (QED) is 0.643. The second-order valence-electron chi connectivity index (χ2n) is 8.86. The topological polar surface area (TPSA) is 54.5 Å². The third kappa shape index (κ3) is 6.05. The molecule has 2 aliphatic heterocycles. The van der Waals surface area contributed by atoms with Gasteiger partial charge in [-0.3, -0.25) is 14.6 Å². The monoisotopic (exact) mass is 453 g/mol. The van der Waals surface area contributed by atoms with Gasteiger partial charge in [0.15, 0.2) is 0 Å². The summed E-state index contributed by atoms with van der Waals surface area (Å²) in [4.78, 5) is 19.6. The van der Waals surface area contributed by atoms with Crippen molar-refractivity contribution in [1.29, 1.82) is 0 Å². The Morgan fingerprint density at radius 2 is 1.73 bits per heavy atom. The van der Waals surface area contributed by atoms with Gasteiger partial charge in [-0.25, -0.2) is 0 Å². The van der Waals surface area contributed by atoms with Crippen molar-refractivity contribution in [1.82, 2.24) is 14.7 Å². The largest absolute Gasteiger partial charge is 0.497 e. The first kappa shape index (κ1) is 23.5. The van der Waals surface area contributed by atoms with E-state index in [0.717, 1.165) is 81.6 Å². The van der Waals surface area contributed by atoms with Crippen molar-refractivity contribution < 1.29 is 19.0 Å². The van der Waals surface area contributed by atoms with Crippen molar-refractivity contribution in [2.45, 2.75) is 19.6 Å². The van der Waals surface area contributed by atoms with Crippen LogP contribution in [0.15, 0.2) is 42.5 Å². The van der Waals surface area contributed by atoms with Gasteiger partial charge in [-0.2, -0.15) is 0 Å². The van der Waals surface area contributed by atoms with E-state index in [1.165, 1.54) is 5.56 Å². The Balaban J connectivity index is 1.26. The highest BCUT2D eigenvalue weighted by Crippen LogP contribution is 2.26. The fraction of sp³-hybridized carbons (Fsp3) is 0.500. The second kappa shape index (κ2) is 11.0. The second-order valence-corrected chi connectivity index (χ2v) is 8.86. The molecule has 2 saturated heterocycles. The van der Waals surface area contributed by atoms with Crippen LogP contribution in [-0.2, 0) is 11.3 Å². The Kier molecular flexibility index (Phi) is 7.85. The molecule has 0 bridgehead atoms. The summed E-state index contributed by atoms with van der Waals surface area (Å²) in [5, 5.41) is 0. The molecule has 7 nitrogen and oxygen atoms in total. The van der Waals surface area contributed by atoms with Gasteiger partial charge in [-0.05, 0) is 25.1 Å². The summed E-state index contributed by atoms with van der Waals surface area (Å²) in [5.74, 6) is 1.78. The van der Waals surface area contributed by atoms with E-state index in [-0.39, 0.29) is 12.0 Å². The van der Waals surface area contributed by atoms with Gasteiger partial charge in [0, 0.05) is 69.6 Å². The Labute approximate surface area is 196 Å². The predicted molar refractivity (Wildman–Crippen MR) is 128 cm³/mol. The van der Waals surface area contributed by atoms with Crippen LogP contribution in [0, 0.1) is 6.92 Å². The van der Waals surface area contributed by atoms with E-state index in [1.54, 1.807) is 14.2 Å². The summed E-state index contributed by atoms with van der Waals surface area (Å²) >= 11 is 0. The Bertz CT molecular complexity index is 926. The molecule has 7 heteroatoms. The van der Waals surface area contributed by atoms with Gasteiger partial charge in [0.05, 0.1) is 26.9 Å². The number of methoxy groups -OCH3 is 2. The summed E-state index contributed by atoms with van der Waals surface area (Å²) in [6.07, 6.45) is 0.169. The number of hydrogen-bond acceptors (Lipinski definition) is 6. The molecular weight excluding hydrogens is 418 g/mol. The summed E-state index contributed by atoms with van der Waals surface area (Å²) in [6.45, 7) is 9.55. The molecule has 0 N–H and O–H groups in total. The molecular formula is C26H35N3O4. The maximum atomic E-state index is 12.8. The van der Waals surface area contributed by atoms with Crippen LogP contribution in [0.3, 0.4) is 0 Å². The Morgan fingerprint density at radius 1 is 0.970 bits per heavy atom. The molecule has 0 aliphatic carbocycles. The van der Waals surface area contributed by atoms with Gasteiger partial charge in [-0.15, -0.1) is 0 Å². The molecule has 0 aromatic heterocycles. The zero-order chi connectivity index (χ0) is 23.2. The zero-order valence-corrected chi connectivity index (χ0v) is 20.0. The number of amides is 1. The van der Waals surface area contributed by atoms with Gasteiger partial charge >= 0.3 is 0 Å². The lowest BCUT2D eigenvalue weighted by atomic mass is 10.1. The Hall–Kier alpha value is -2.61. The molecule has 0 unspecified atom stereocenters. The number of carbonyl (C=O) groups excluding carboxylic acids is 1. The number of rotatable bonds is 7. The van der Waals surface area contributed by atoms with E-state index >= 15 is 0 Å². The minimum absolute atomic E-state index is 0.128. The van der Waals surface area contributed by atoms with Crippen molar-refractivity contribution in [3.05, 3.63) is 59.2 Å². The average Bonchev–Trinajstić information content (AvgIpc) is 2.85. The van der Waals surface area contributed by atoms with Gasteiger partial charge in [0.25, 0.3) is 5.91 Å². The van der Waals surface area contributed by atoms with Crippen LogP contribution >= 0.6 is 0 Å². The zero-order valence-electron chi connectivity index (χ0n) is 20.0. The van der Waals surface area contributed by atoms with Crippen LogP contribution in [0.4, 0.5) is 0 Å². The summed E-state index contributed by atoms with van der Waals surface area (Å²) < 4.78 is 17.0. The molecule has 0 saturated carbocycles. The lowest BCUT2D eigenvalue weighted by Gasteiger charge is -2.39. The molecule has 2 aromatic carbocycles. The molecule has 0 radical (unpaired) electrons. The van der Waals surface area contributed by atoms with Crippen LogP contribution in [0.5, 0.6) is 11.5 Å². The molecule has 2 aromatic rings. The molecule has 2 heterocycles. The maximum absolute atomic E-state index is 12.8. The van der Waals surface area contributed by atoms with Gasteiger partial charge in [-0.1, -0.05) is 23.8 Å². The van der Waals surface area contributed by atoms with Crippen molar-refractivity contribution in [3.63, 3.8) is 0 Å². The lowest BCUT2D eigenvalue weighted by Crippen LogP contribution is -2.53. The summed E-state index contributed by atoms with van der Waals surface area (Å²) in [7, 11) is 3.36. The number of aryl methyl sites for hydroxylation is 1. The first-order chi connectivity index (χ1) is 16.1. The number of carbonyl (C=O) groups is 1. The van der Waals surface area contributed by atoms with E-state index < -0.39 is 0 Å². The minimum Gasteiger partial charge on any atom is -0.497 e. The smallest absolute Gasteiger partial charge is 0.253 e. The summed E-state index contributed by atoms with van der Waals surface area (Å²) in [6, 6.07) is 13.8. The highest BCUT2D eigenvalue weighted by atomic mass is 16.5. The molecule has 1 amide bonds. The molecule has 0 spiro atoms. The number of hydrogen-bond donors (Lipinski definition) is 0. The van der Waals surface area contributed by atoms with Crippen LogP contribution < -0.4 is 9.47 Å². The van der Waals surface area contributed by atoms with Crippen LogP contribution in [0.25, 0.3) is 0 Å². The molecule has 1 atom stereocenters. The van der Waals surface area contributed by atoms with E-state index in [2.05, 4.69) is 15.9 Å². The number of benzene rings is 2. The van der Waals surface area contributed by atoms with E-state index in [1.807, 2.05) is 48.2 Å². The first-order valence-electron chi connectivity index (χ1n) is 11.7. The van der Waals surface area contributed by atoms with Crippen molar-refractivity contribution in [2.24, 2.45) is 0 Å². The van der Waals surface area contributed by atoms with Crippen molar-refractivity contribution in [3.8, 4) is 11.5 Å². The van der Waals surface area contributed by atoms with E-state index in [0.29, 0.717) is 0 Å². The Morgan fingerprint density at radius 3 is 2.42 bits per heavy atom. The fourth-order valence-corrected chi connectivity index (χ4v) is 4.56. The SMILES string of the molecule is COc1ccc(CN2CCO[C@H](CN3CCN(C(=O)c4ccc(C)cc4)CC3)C2)c(OC)c1. The van der Waals surface area contributed by atoms with Crippen LogP contribution in [0.2, 0.25) is 0 Å². The van der Waals surface area contributed by atoms with Gasteiger partial charge in [0.2, 0.25) is 0 Å². The molecule has 4 rings (SSSR count). The highest BCUT2D eigenvalue weighted by Gasteiger charge is 2.27. The normalized spacial score (nSPS) is 20.0. The van der Waals surface area contributed by atoms with Crippen molar-refractivity contribution >= 4 is 5.91 Å². The average molecular weight is 454 g/mol. The fourth-order valence-electron chi connectivity index (χ4n) is 4.56. The third-order valence-electron chi connectivity index (χ3n) is 6.53. The molecule has 2 fully saturated rings. The van der Waals surface area contributed by atoms with Crippen LogP contribution in [-0.4, -0.2) is 93.4 Å². The lowest BCUT2D eigenvalue weighted by molar-refractivity contribution is -0.0498. The number of morpholine rings is 1. The van der Waals surface area contributed by atoms with Gasteiger partial charge < -0.3 is 19.1 Å². The molecule has 2 aliphatic rings. The van der Waals surface area contributed by atoms with E-state index in [9.17, 15) is 4.79 Å². The standard InChI is InChI=1S/C26H35N3O4/c1-20-4-6-21(7-5-20)26(30)29-12-10-27(11-13-29)18-24-19-28(14-15-33-24)17-22-8-9-23(31-2)16-25(22)32-3/h4-9,16,24H,10-15,17-19H2,1-3H3/t24-/m1/s1. The van der Waals surface area contributed by atoms with E-state index in [4.69, 9.17) is 14.2 Å². The minimum atomic E-state index is 0.128. The predicted octanol–water partition coefficient (Wildman–Crippen LogP) is 2.67. The van der Waals surface area contributed by atoms with Gasteiger partial charge in [0.1, 0.15) is 11.5 Å². The highest BCUT2D eigenvalue weighted by molar-refractivity contribution is 5.94. The molecule has 178 valence electrons. The maximum Gasteiger partial charge on any atom is 0.253 e. The van der Waals surface area contributed by atoms with Crippen molar-refractivity contribution in [2.75, 3.05) is 66.6 Å². The number of piperazine rings is 1. The molecule has 33 heavy (non-hydrogen) atoms. The van der Waals surface area contributed by atoms with Crippen LogP contribution in [0.1, 0.15) is 21.5 Å². The number of nitrogens with zero attached hydrogens (tertiary/aromatic N) is 3. The number of ether oxygens (including phenoxy) is 3. The first-order valence-corrected chi connectivity index (χ1v) is 11.7. The summed E-state index contributed by atoms with van der Waals surface area (Å²) in [5.41, 5.74) is 3.10.